The highest BCUT2D eigenvalue weighted by molar-refractivity contribution is 7.89. The van der Waals surface area contributed by atoms with Gasteiger partial charge in [0.25, 0.3) is 0 Å². The molecule has 4 aromatic rings. The molecule has 1 aromatic heterocycles. The second-order valence-corrected chi connectivity index (χ2v) is 12.6. The van der Waals surface area contributed by atoms with Gasteiger partial charge in [0, 0.05) is 60.3 Å². The number of nitrogens with one attached hydrogen (secondary N) is 1. The van der Waals surface area contributed by atoms with Crippen molar-refractivity contribution in [1.29, 1.82) is 0 Å². The molecule has 2 aliphatic heterocycles. The Balaban J connectivity index is 1.43. The average Bonchev–Trinajstić information content (AvgIpc) is 3.34. The molecule has 2 N–H and O–H groups in total. The summed E-state index contributed by atoms with van der Waals surface area (Å²) in [7, 11) is 0.894. The fourth-order valence-corrected chi connectivity index (χ4v) is 7.95. The zero-order chi connectivity index (χ0) is 28.9. The fraction of sp³-hybridized carbons (Fsp3) is 0.333. The first kappa shape index (κ1) is 27.5. The second-order valence-electron chi connectivity index (χ2n) is 10.7. The van der Waals surface area contributed by atoms with Gasteiger partial charge in [-0.3, -0.25) is 4.90 Å². The number of aromatic nitrogens is 1. The van der Waals surface area contributed by atoms with Crippen LogP contribution in [0.1, 0.15) is 22.9 Å². The summed E-state index contributed by atoms with van der Waals surface area (Å²) in [6, 6.07) is 16.2. The zero-order valence-corrected chi connectivity index (χ0v) is 23.9. The normalized spacial score (nSPS) is 18.7. The lowest BCUT2D eigenvalue weighted by atomic mass is 9.70. The van der Waals surface area contributed by atoms with Gasteiger partial charge in [0.2, 0.25) is 10.0 Å². The lowest BCUT2D eigenvalue weighted by Gasteiger charge is -2.55. The molecule has 0 amide bonds. The Bertz CT molecular complexity index is 1690. The highest BCUT2D eigenvalue weighted by Crippen LogP contribution is 2.50. The monoisotopic (exact) mass is 581 g/mol. The third-order valence-electron chi connectivity index (χ3n) is 8.21. The molecule has 1 atom stereocenters. The molecule has 0 radical (unpaired) electrons. The summed E-state index contributed by atoms with van der Waals surface area (Å²) in [5, 5.41) is 11.6. The minimum absolute atomic E-state index is 0.0689. The number of hydrogen-bond acceptors (Lipinski definition) is 7. The van der Waals surface area contributed by atoms with Gasteiger partial charge >= 0.3 is 0 Å². The van der Waals surface area contributed by atoms with Crippen LogP contribution in [0.25, 0.3) is 10.9 Å². The number of aromatic amines is 1. The van der Waals surface area contributed by atoms with Gasteiger partial charge in [-0.2, -0.15) is 4.31 Å². The van der Waals surface area contributed by atoms with Gasteiger partial charge in [0.15, 0.2) is 0 Å². The Hall–Kier alpha value is -3.64. The van der Waals surface area contributed by atoms with Crippen LogP contribution in [0.3, 0.4) is 0 Å². The van der Waals surface area contributed by atoms with Crippen LogP contribution < -0.4 is 14.2 Å². The number of aliphatic hydroxyl groups excluding tert-OH is 1. The molecule has 6 rings (SSSR count). The van der Waals surface area contributed by atoms with Crippen molar-refractivity contribution in [2.45, 2.75) is 22.9 Å². The zero-order valence-electron chi connectivity index (χ0n) is 23.1. The van der Waals surface area contributed by atoms with Crippen molar-refractivity contribution in [2.75, 3.05) is 47.6 Å². The van der Waals surface area contributed by atoms with E-state index in [0.717, 1.165) is 33.8 Å². The highest BCUT2D eigenvalue weighted by atomic mass is 32.2. The van der Waals surface area contributed by atoms with E-state index in [-0.39, 0.29) is 30.6 Å². The summed E-state index contributed by atoms with van der Waals surface area (Å²) in [6.45, 7) is 1.26. The summed E-state index contributed by atoms with van der Waals surface area (Å²) in [5.41, 5.74) is 3.07. The van der Waals surface area contributed by atoms with Crippen LogP contribution in [0.4, 0.5) is 4.39 Å². The number of aliphatic hydroxyl groups is 1. The molecule has 1 fully saturated rings. The van der Waals surface area contributed by atoms with Crippen LogP contribution in [0.15, 0.2) is 65.6 Å². The van der Waals surface area contributed by atoms with Crippen molar-refractivity contribution in [2.24, 2.45) is 0 Å². The molecule has 41 heavy (non-hydrogen) atoms. The number of methoxy groups -OCH3 is 3. The Morgan fingerprint density at radius 2 is 1.66 bits per heavy atom. The summed E-state index contributed by atoms with van der Waals surface area (Å²) in [5.74, 6) is 1.40. The lowest BCUT2D eigenvalue weighted by molar-refractivity contribution is 0.0257. The first-order valence-corrected chi connectivity index (χ1v) is 14.7. The SMILES string of the molecule is COc1cc(CN2CC3(CN(S(=O)(=O)c4cccc(F)c4)C3)c3c([nH]c4cc(OC)ccc34)[C@H]2CO)cc(OC)c1. The Morgan fingerprint density at radius 1 is 0.951 bits per heavy atom. The van der Waals surface area contributed by atoms with Crippen LogP contribution in [0, 0.1) is 5.82 Å². The van der Waals surface area contributed by atoms with E-state index >= 15 is 0 Å². The number of fused-ring (bicyclic) bond motifs is 4. The molecular weight excluding hydrogens is 549 g/mol. The van der Waals surface area contributed by atoms with Gasteiger partial charge in [0.05, 0.1) is 38.9 Å². The number of H-pyrrole nitrogens is 1. The molecule has 0 bridgehead atoms. The molecule has 216 valence electrons. The fourth-order valence-electron chi connectivity index (χ4n) is 6.30. The second kappa shape index (κ2) is 10.3. The van der Waals surface area contributed by atoms with Crippen LogP contribution in [0.5, 0.6) is 17.2 Å². The standard InChI is InChI=1S/C30H32FN3O6S/c1-38-21-7-8-25-26(13-21)32-29-27(15-35)33(14-19-9-22(39-2)12-23(10-19)40-3)16-30(28(25)29)17-34(18-30)41(36,37)24-6-4-5-20(31)11-24/h4-13,27,32,35H,14-18H2,1-3H3/t27-/m1/s1. The summed E-state index contributed by atoms with van der Waals surface area (Å²) < 4.78 is 58.7. The van der Waals surface area contributed by atoms with Crippen LogP contribution >= 0.6 is 0 Å². The predicted molar refractivity (Wildman–Crippen MR) is 151 cm³/mol. The van der Waals surface area contributed by atoms with E-state index < -0.39 is 21.3 Å². The maximum atomic E-state index is 13.9. The Labute approximate surface area is 238 Å². The molecule has 9 nitrogen and oxygen atoms in total. The van der Waals surface area contributed by atoms with E-state index in [1.54, 1.807) is 27.4 Å². The van der Waals surface area contributed by atoms with Gasteiger partial charge in [-0.25, -0.2) is 12.8 Å². The van der Waals surface area contributed by atoms with Crippen molar-refractivity contribution in [3.8, 4) is 17.2 Å². The van der Waals surface area contributed by atoms with Crippen LogP contribution in [-0.2, 0) is 22.0 Å². The van der Waals surface area contributed by atoms with Gasteiger partial charge in [0.1, 0.15) is 23.1 Å². The van der Waals surface area contributed by atoms with Crippen molar-refractivity contribution in [1.82, 2.24) is 14.2 Å². The molecule has 0 saturated carbocycles. The Kier molecular flexibility index (Phi) is 6.93. The summed E-state index contributed by atoms with van der Waals surface area (Å²) in [6.07, 6.45) is 0. The number of rotatable bonds is 8. The van der Waals surface area contributed by atoms with Crippen molar-refractivity contribution in [3.05, 3.63) is 83.3 Å². The predicted octanol–water partition coefficient (Wildman–Crippen LogP) is 3.82. The molecule has 3 heterocycles. The van der Waals surface area contributed by atoms with Crippen LogP contribution in [-0.4, -0.2) is 75.3 Å². The van der Waals surface area contributed by atoms with Crippen molar-refractivity contribution < 1.29 is 32.1 Å². The van der Waals surface area contributed by atoms with Crippen LogP contribution in [0.2, 0.25) is 0 Å². The summed E-state index contributed by atoms with van der Waals surface area (Å²) >= 11 is 0. The first-order valence-electron chi connectivity index (χ1n) is 13.2. The maximum absolute atomic E-state index is 13.9. The third-order valence-corrected chi connectivity index (χ3v) is 9.99. The third kappa shape index (κ3) is 4.62. The smallest absolute Gasteiger partial charge is 0.243 e. The van der Waals surface area contributed by atoms with E-state index in [2.05, 4.69) is 9.88 Å². The maximum Gasteiger partial charge on any atom is 0.243 e. The molecule has 0 aliphatic carbocycles. The first-order chi connectivity index (χ1) is 19.7. The van der Waals surface area contributed by atoms with E-state index in [0.29, 0.717) is 30.3 Å². The molecule has 1 saturated heterocycles. The lowest BCUT2D eigenvalue weighted by Crippen LogP contribution is -2.67. The van der Waals surface area contributed by atoms with E-state index in [1.165, 1.54) is 22.5 Å². The van der Waals surface area contributed by atoms with Gasteiger partial charge in [-0.05, 0) is 53.6 Å². The van der Waals surface area contributed by atoms with E-state index in [4.69, 9.17) is 14.2 Å². The van der Waals surface area contributed by atoms with Crippen molar-refractivity contribution >= 4 is 20.9 Å². The largest absolute Gasteiger partial charge is 0.497 e. The number of nitrogens with zero attached hydrogens (tertiary/aromatic N) is 2. The molecule has 11 heteroatoms. The number of ether oxygens (including phenoxy) is 3. The average molecular weight is 582 g/mol. The molecular formula is C30H32FN3O6S. The van der Waals surface area contributed by atoms with E-state index in [9.17, 15) is 17.9 Å². The van der Waals surface area contributed by atoms with Crippen molar-refractivity contribution in [3.63, 3.8) is 0 Å². The quantitative estimate of drug-likeness (QED) is 0.326. The van der Waals surface area contributed by atoms with Gasteiger partial charge in [-0.15, -0.1) is 0 Å². The molecule has 0 unspecified atom stereocenters. The molecule has 2 aliphatic rings. The number of halogens is 1. The number of benzene rings is 3. The minimum atomic E-state index is -3.90. The van der Waals surface area contributed by atoms with Gasteiger partial charge < -0.3 is 24.3 Å². The number of sulfonamides is 1. The van der Waals surface area contributed by atoms with E-state index in [1.807, 2.05) is 30.3 Å². The van der Waals surface area contributed by atoms with Gasteiger partial charge in [-0.1, -0.05) is 6.07 Å². The molecule has 1 spiro atoms. The minimum Gasteiger partial charge on any atom is -0.497 e. The Morgan fingerprint density at radius 3 is 2.29 bits per heavy atom. The highest BCUT2D eigenvalue weighted by Gasteiger charge is 2.55. The number of hydrogen-bond donors (Lipinski definition) is 2. The summed E-state index contributed by atoms with van der Waals surface area (Å²) in [4.78, 5) is 5.61. The topological polar surface area (TPSA) is 104 Å². The molecule has 3 aromatic carbocycles.